The molecule has 0 saturated carbocycles. The van der Waals surface area contributed by atoms with Crippen LogP contribution in [-0.4, -0.2) is 28.0 Å². The van der Waals surface area contributed by atoms with Crippen LogP contribution < -0.4 is 17.3 Å². The molecular weight excluding hydrogens is 364 g/mol. The van der Waals surface area contributed by atoms with Gasteiger partial charge in [-0.1, -0.05) is 19.1 Å². The van der Waals surface area contributed by atoms with Gasteiger partial charge in [-0.05, 0) is 43.0 Å². The number of anilines is 1. The highest BCUT2D eigenvalue weighted by Gasteiger charge is 2.21. The minimum atomic E-state index is -0.397. The second-order valence-corrected chi connectivity index (χ2v) is 6.89. The topological polar surface area (TPSA) is 72.2 Å². The maximum Gasteiger partial charge on any atom is 0.269 e. The third kappa shape index (κ3) is 3.85. The fourth-order valence-electron chi connectivity index (χ4n) is 3.54. The molecule has 0 N–H and O–H groups in total. The summed E-state index contributed by atoms with van der Waals surface area (Å²) < 4.78 is 0. The van der Waals surface area contributed by atoms with Crippen LogP contribution in [0.15, 0.2) is 48.5 Å². The van der Waals surface area contributed by atoms with Crippen LogP contribution in [0, 0.1) is 16.0 Å². The van der Waals surface area contributed by atoms with Crippen molar-refractivity contribution >= 4 is 22.4 Å². The van der Waals surface area contributed by atoms with Gasteiger partial charge in [-0.15, -0.1) is 0 Å². The van der Waals surface area contributed by atoms with Crippen molar-refractivity contribution in [3.63, 3.8) is 0 Å². The van der Waals surface area contributed by atoms with Crippen molar-refractivity contribution in [1.29, 1.82) is 0 Å². The van der Waals surface area contributed by atoms with Crippen LogP contribution in [0.5, 0.6) is 0 Å². The molecule has 3 aromatic rings. The molecule has 0 amide bonds. The molecule has 1 aliphatic heterocycles. The standard InChI is InChI=1S/C20H20N4O2.ClH/c1-14-5-4-12-23(13-14)20-17-6-2-3-7-18(17)21-19(22-20)15-8-10-16(11-9-15)24(25)26;/h2-3,6-11,14H,4-5,12-13H2,1H3;1H/p-1. The highest BCUT2D eigenvalue weighted by Crippen LogP contribution is 2.30. The van der Waals surface area contributed by atoms with E-state index in [1.807, 2.05) is 18.2 Å². The summed E-state index contributed by atoms with van der Waals surface area (Å²) in [5, 5.41) is 11.9. The molecule has 0 aliphatic carbocycles. The van der Waals surface area contributed by atoms with Gasteiger partial charge in [0, 0.05) is 36.2 Å². The second kappa shape index (κ2) is 7.88. The van der Waals surface area contributed by atoms with Gasteiger partial charge in [-0.2, -0.15) is 0 Å². The van der Waals surface area contributed by atoms with Crippen molar-refractivity contribution in [2.45, 2.75) is 19.8 Å². The predicted octanol–water partition coefficient (Wildman–Crippen LogP) is 1.45. The lowest BCUT2D eigenvalue weighted by Gasteiger charge is -2.32. The van der Waals surface area contributed by atoms with Crippen molar-refractivity contribution in [2.24, 2.45) is 5.92 Å². The Morgan fingerprint density at radius 1 is 1.11 bits per heavy atom. The molecule has 1 fully saturated rings. The van der Waals surface area contributed by atoms with E-state index in [-0.39, 0.29) is 18.1 Å². The first-order valence-electron chi connectivity index (χ1n) is 8.88. The summed E-state index contributed by atoms with van der Waals surface area (Å²) in [6, 6.07) is 14.4. The number of aromatic nitrogens is 2. The van der Waals surface area contributed by atoms with Crippen molar-refractivity contribution in [3.05, 3.63) is 58.6 Å². The minimum absolute atomic E-state index is 0. The van der Waals surface area contributed by atoms with Gasteiger partial charge in [0.25, 0.3) is 5.69 Å². The minimum Gasteiger partial charge on any atom is -1.00 e. The zero-order chi connectivity index (χ0) is 18.1. The van der Waals surface area contributed by atoms with Gasteiger partial charge in [0.15, 0.2) is 5.82 Å². The molecule has 1 aromatic heterocycles. The SMILES string of the molecule is CC1CCCN(c2nc(-c3ccc([N+](=O)[O-])cc3)nc3ccccc23)C1.[Cl-]. The Labute approximate surface area is 163 Å². The van der Waals surface area contributed by atoms with Crippen LogP contribution in [-0.2, 0) is 0 Å². The average molecular weight is 384 g/mol. The number of non-ortho nitro benzene ring substituents is 1. The van der Waals surface area contributed by atoms with Gasteiger partial charge in [0.05, 0.1) is 10.4 Å². The van der Waals surface area contributed by atoms with Gasteiger partial charge in [0.1, 0.15) is 5.82 Å². The summed E-state index contributed by atoms with van der Waals surface area (Å²) >= 11 is 0. The molecule has 1 aliphatic rings. The Morgan fingerprint density at radius 2 is 1.85 bits per heavy atom. The van der Waals surface area contributed by atoms with Gasteiger partial charge in [0.2, 0.25) is 0 Å². The molecule has 1 unspecified atom stereocenters. The Kier molecular flexibility index (Phi) is 5.56. The van der Waals surface area contributed by atoms with E-state index in [0.717, 1.165) is 41.8 Å². The van der Waals surface area contributed by atoms with Crippen LogP contribution in [0.3, 0.4) is 0 Å². The summed E-state index contributed by atoms with van der Waals surface area (Å²) in [4.78, 5) is 22.4. The van der Waals surface area contributed by atoms with E-state index in [2.05, 4.69) is 22.9 Å². The maximum absolute atomic E-state index is 10.9. The highest BCUT2D eigenvalue weighted by molar-refractivity contribution is 5.91. The molecule has 1 saturated heterocycles. The highest BCUT2D eigenvalue weighted by atomic mass is 35.5. The van der Waals surface area contributed by atoms with Gasteiger partial charge >= 0.3 is 0 Å². The number of nitrogens with zero attached hydrogens (tertiary/aromatic N) is 4. The molecular formula is C20H20ClN4O2-. The first-order valence-corrected chi connectivity index (χ1v) is 8.88. The van der Waals surface area contributed by atoms with Crippen molar-refractivity contribution in [1.82, 2.24) is 9.97 Å². The Balaban J connectivity index is 0.00000210. The van der Waals surface area contributed by atoms with Crippen molar-refractivity contribution in [2.75, 3.05) is 18.0 Å². The maximum atomic E-state index is 10.9. The van der Waals surface area contributed by atoms with Crippen molar-refractivity contribution < 1.29 is 17.3 Å². The first kappa shape index (κ1) is 19.0. The molecule has 4 rings (SSSR count). The predicted molar refractivity (Wildman–Crippen MR) is 102 cm³/mol. The van der Waals surface area contributed by atoms with Crippen LogP contribution in [0.2, 0.25) is 0 Å². The summed E-state index contributed by atoms with van der Waals surface area (Å²) in [7, 11) is 0. The fourth-order valence-corrected chi connectivity index (χ4v) is 3.54. The number of fused-ring (bicyclic) bond motifs is 1. The number of piperidine rings is 1. The number of para-hydroxylation sites is 1. The van der Waals surface area contributed by atoms with Crippen LogP contribution in [0.25, 0.3) is 22.3 Å². The monoisotopic (exact) mass is 383 g/mol. The number of halogens is 1. The molecule has 7 heteroatoms. The summed E-state index contributed by atoms with van der Waals surface area (Å²) in [5.41, 5.74) is 1.75. The smallest absolute Gasteiger partial charge is 0.269 e. The quantitative estimate of drug-likeness (QED) is 0.505. The van der Waals surface area contributed by atoms with E-state index < -0.39 is 4.92 Å². The second-order valence-electron chi connectivity index (χ2n) is 6.89. The number of nitro benzene ring substituents is 1. The van der Waals surface area contributed by atoms with Crippen LogP contribution in [0.4, 0.5) is 11.5 Å². The lowest BCUT2D eigenvalue weighted by molar-refractivity contribution is -0.384. The zero-order valence-electron chi connectivity index (χ0n) is 15.0. The first-order chi connectivity index (χ1) is 12.6. The van der Waals surface area contributed by atoms with E-state index >= 15 is 0 Å². The normalized spacial score (nSPS) is 16.8. The lowest BCUT2D eigenvalue weighted by atomic mass is 10.00. The molecule has 0 bridgehead atoms. The van der Waals surface area contributed by atoms with Gasteiger partial charge in [-0.25, -0.2) is 9.97 Å². The number of benzene rings is 2. The van der Waals surface area contributed by atoms with Gasteiger partial charge < -0.3 is 17.3 Å². The van der Waals surface area contributed by atoms with E-state index in [1.54, 1.807) is 12.1 Å². The van der Waals surface area contributed by atoms with E-state index in [1.165, 1.54) is 18.6 Å². The van der Waals surface area contributed by atoms with Crippen LogP contribution >= 0.6 is 0 Å². The third-order valence-electron chi connectivity index (χ3n) is 4.88. The van der Waals surface area contributed by atoms with Crippen molar-refractivity contribution in [3.8, 4) is 11.4 Å². The Bertz CT molecular complexity index is 962. The Hall–Kier alpha value is -2.73. The largest absolute Gasteiger partial charge is 1.00 e. The molecule has 2 heterocycles. The number of hydrogen-bond acceptors (Lipinski definition) is 5. The number of rotatable bonds is 3. The van der Waals surface area contributed by atoms with E-state index in [0.29, 0.717) is 11.7 Å². The molecule has 140 valence electrons. The number of hydrogen-bond donors (Lipinski definition) is 0. The van der Waals surface area contributed by atoms with Crippen LogP contribution in [0.1, 0.15) is 19.8 Å². The molecule has 2 aromatic carbocycles. The fraction of sp³-hybridized carbons (Fsp3) is 0.300. The number of nitro groups is 1. The summed E-state index contributed by atoms with van der Waals surface area (Å²) in [6.07, 6.45) is 2.40. The molecule has 6 nitrogen and oxygen atoms in total. The van der Waals surface area contributed by atoms with Gasteiger partial charge in [-0.3, -0.25) is 10.1 Å². The summed E-state index contributed by atoms with van der Waals surface area (Å²) in [6.45, 7) is 4.25. The van der Waals surface area contributed by atoms with E-state index in [4.69, 9.17) is 4.98 Å². The zero-order valence-corrected chi connectivity index (χ0v) is 15.8. The molecule has 1 atom stereocenters. The third-order valence-corrected chi connectivity index (χ3v) is 4.88. The molecule has 27 heavy (non-hydrogen) atoms. The molecule has 0 radical (unpaired) electrons. The molecule has 0 spiro atoms. The lowest BCUT2D eigenvalue weighted by Crippen LogP contribution is -3.00. The average Bonchev–Trinajstić information content (AvgIpc) is 2.67. The van der Waals surface area contributed by atoms with E-state index in [9.17, 15) is 10.1 Å². The Morgan fingerprint density at radius 3 is 2.56 bits per heavy atom. The summed E-state index contributed by atoms with van der Waals surface area (Å²) in [5.74, 6) is 2.20.